The lowest BCUT2D eigenvalue weighted by molar-refractivity contribution is 0.473. The molecule has 1 aromatic carbocycles. The van der Waals surface area contributed by atoms with Crippen LogP contribution in [0.5, 0.6) is 0 Å². The third kappa shape index (κ3) is 2.92. The number of nitrogens with one attached hydrogen (secondary N) is 1. The monoisotopic (exact) mass is 309 g/mol. The van der Waals surface area contributed by atoms with Crippen LogP contribution in [0.4, 0.5) is 10.2 Å². The van der Waals surface area contributed by atoms with Crippen molar-refractivity contribution < 1.29 is 12.8 Å². The average molecular weight is 309 g/mol. The Morgan fingerprint density at radius 1 is 1.14 bits per heavy atom. The number of aromatic nitrogens is 2. The fraction of sp³-hybridized carbons (Fsp3) is 0.357. The largest absolute Gasteiger partial charge is 0.264 e. The number of hydrogen-bond acceptors (Lipinski definition) is 3. The zero-order valence-corrected chi connectivity index (χ0v) is 12.2. The van der Waals surface area contributed by atoms with Gasteiger partial charge in [0.1, 0.15) is 11.6 Å². The summed E-state index contributed by atoms with van der Waals surface area (Å²) < 4.78 is 41.8. The number of hydrogen-bond donors (Lipinski definition) is 1. The highest BCUT2D eigenvalue weighted by molar-refractivity contribution is 7.92. The Morgan fingerprint density at radius 2 is 1.81 bits per heavy atom. The minimum absolute atomic E-state index is 0.0306. The second kappa shape index (κ2) is 5.48. The van der Waals surface area contributed by atoms with Crippen LogP contribution in [0.1, 0.15) is 31.7 Å². The Morgan fingerprint density at radius 3 is 2.48 bits per heavy atom. The molecule has 0 unspecified atom stereocenters. The van der Waals surface area contributed by atoms with Crippen LogP contribution < -0.4 is 4.72 Å². The second-order valence-electron chi connectivity index (χ2n) is 5.16. The molecule has 0 saturated heterocycles. The van der Waals surface area contributed by atoms with Crippen LogP contribution in [0.25, 0.3) is 0 Å². The Labute approximate surface area is 122 Å². The summed E-state index contributed by atoms with van der Waals surface area (Å²) in [6.45, 7) is 0. The lowest BCUT2D eigenvalue weighted by Gasteiger charge is -2.15. The van der Waals surface area contributed by atoms with E-state index in [1.165, 1.54) is 12.1 Å². The quantitative estimate of drug-likeness (QED) is 0.944. The van der Waals surface area contributed by atoms with Crippen molar-refractivity contribution in [3.63, 3.8) is 0 Å². The number of sulfonamides is 1. The molecule has 1 fully saturated rings. The summed E-state index contributed by atoms with van der Waals surface area (Å²) >= 11 is 0. The first-order valence-corrected chi connectivity index (χ1v) is 8.36. The smallest absolute Gasteiger partial charge is 0.263 e. The van der Waals surface area contributed by atoms with E-state index in [4.69, 9.17) is 0 Å². The van der Waals surface area contributed by atoms with Crippen molar-refractivity contribution in [2.24, 2.45) is 0 Å². The van der Waals surface area contributed by atoms with Gasteiger partial charge in [0.25, 0.3) is 10.0 Å². The van der Waals surface area contributed by atoms with E-state index in [0.717, 1.165) is 37.8 Å². The van der Waals surface area contributed by atoms with Crippen LogP contribution >= 0.6 is 0 Å². The molecule has 21 heavy (non-hydrogen) atoms. The van der Waals surface area contributed by atoms with Crippen molar-refractivity contribution in [1.29, 1.82) is 0 Å². The SMILES string of the molecule is O=S(=O)(Nc1ccnn1C1CCCC1)c1ccc(F)cc1. The second-order valence-corrected chi connectivity index (χ2v) is 6.84. The number of benzene rings is 1. The van der Waals surface area contributed by atoms with Gasteiger partial charge in [-0.15, -0.1) is 0 Å². The summed E-state index contributed by atoms with van der Waals surface area (Å²) in [5.41, 5.74) is 0. The Bertz CT molecular complexity index is 719. The molecule has 3 rings (SSSR count). The molecule has 1 heterocycles. The van der Waals surface area contributed by atoms with Gasteiger partial charge in [0.15, 0.2) is 0 Å². The van der Waals surface area contributed by atoms with Crippen molar-refractivity contribution >= 4 is 15.8 Å². The van der Waals surface area contributed by atoms with Gasteiger partial charge in [-0.3, -0.25) is 4.72 Å². The lowest BCUT2D eigenvalue weighted by Crippen LogP contribution is -2.18. The van der Waals surface area contributed by atoms with Crippen molar-refractivity contribution in [3.8, 4) is 0 Å². The Balaban J connectivity index is 1.86. The molecule has 1 N–H and O–H groups in total. The van der Waals surface area contributed by atoms with E-state index in [1.54, 1.807) is 16.9 Å². The highest BCUT2D eigenvalue weighted by atomic mass is 32.2. The zero-order valence-electron chi connectivity index (χ0n) is 11.4. The van der Waals surface area contributed by atoms with Gasteiger partial charge in [-0.1, -0.05) is 12.8 Å². The van der Waals surface area contributed by atoms with E-state index in [-0.39, 0.29) is 10.9 Å². The summed E-state index contributed by atoms with van der Waals surface area (Å²) in [5, 5.41) is 4.22. The number of rotatable bonds is 4. The third-order valence-corrected chi connectivity index (χ3v) is 5.07. The van der Waals surface area contributed by atoms with Gasteiger partial charge in [-0.05, 0) is 37.1 Å². The maximum atomic E-state index is 12.9. The predicted octanol–water partition coefficient (Wildman–Crippen LogP) is 2.94. The minimum atomic E-state index is -3.73. The van der Waals surface area contributed by atoms with Gasteiger partial charge in [-0.25, -0.2) is 17.5 Å². The molecule has 1 aliphatic rings. The minimum Gasteiger partial charge on any atom is -0.264 e. The van der Waals surface area contributed by atoms with Crippen LogP contribution in [0, 0.1) is 5.82 Å². The van der Waals surface area contributed by atoms with Gasteiger partial charge < -0.3 is 0 Å². The highest BCUT2D eigenvalue weighted by Gasteiger charge is 2.22. The summed E-state index contributed by atoms with van der Waals surface area (Å²) in [6, 6.07) is 6.62. The van der Waals surface area contributed by atoms with Crippen molar-refractivity contribution in [1.82, 2.24) is 9.78 Å². The fourth-order valence-corrected chi connectivity index (χ4v) is 3.69. The van der Waals surface area contributed by atoms with E-state index >= 15 is 0 Å². The zero-order chi connectivity index (χ0) is 14.9. The molecule has 0 atom stereocenters. The first-order valence-electron chi connectivity index (χ1n) is 6.88. The fourth-order valence-electron chi connectivity index (χ4n) is 2.65. The molecule has 112 valence electrons. The molecule has 0 amide bonds. The Hall–Kier alpha value is -1.89. The van der Waals surface area contributed by atoms with Gasteiger partial charge in [0.05, 0.1) is 17.1 Å². The normalized spacial score (nSPS) is 16.2. The highest BCUT2D eigenvalue weighted by Crippen LogP contribution is 2.31. The molecule has 0 radical (unpaired) electrons. The molecule has 1 aliphatic carbocycles. The topological polar surface area (TPSA) is 64.0 Å². The van der Waals surface area contributed by atoms with Crippen LogP contribution in [0.2, 0.25) is 0 Å². The van der Waals surface area contributed by atoms with Crippen LogP contribution in [0.3, 0.4) is 0 Å². The number of halogens is 1. The molecular weight excluding hydrogens is 293 g/mol. The summed E-state index contributed by atoms with van der Waals surface area (Å²) in [6.07, 6.45) is 5.87. The molecule has 0 spiro atoms. The van der Waals surface area contributed by atoms with Gasteiger partial charge in [0.2, 0.25) is 0 Å². The van der Waals surface area contributed by atoms with E-state index in [2.05, 4.69) is 9.82 Å². The molecule has 1 aromatic heterocycles. The molecule has 0 bridgehead atoms. The van der Waals surface area contributed by atoms with E-state index in [0.29, 0.717) is 5.82 Å². The molecular formula is C14H16FN3O2S. The number of nitrogens with zero attached hydrogens (tertiary/aromatic N) is 2. The maximum Gasteiger partial charge on any atom is 0.263 e. The van der Waals surface area contributed by atoms with Crippen molar-refractivity contribution in [3.05, 3.63) is 42.3 Å². The molecule has 5 nitrogen and oxygen atoms in total. The summed E-state index contributed by atoms with van der Waals surface area (Å²) in [5.74, 6) is -0.0174. The van der Waals surface area contributed by atoms with Crippen molar-refractivity contribution in [2.75, 3.05) is 4.72 Å². The summed E-state index contributed by atoms with van der Waals surface area (Å²) in [4.78, 5) is 0.0306. The standard InChI is InChI=1S/C14H16FN3O2S/c15-11-5-7-13(8-6-11)21(19,20)17-14-9-10-16-18(14)12-3-1-2-4-12/h5-10,12,17H,1-4H2. The van der Waals surface area contributed by atoms with Gasteiger partial charge >= 0.3 is 0 Å². The lowest BCUT2D eigenvalue weighted by atomic mass is 10.2. The van der Waals surface area contributed by atoms with Gasteiger partial charge in [0, 0.05) is 6.07 Å². The predicted molar refractivity (Wildman–Crippen MR) is 76.9 cm³/mol. The first-order chi connectivity index (χ1) is 10.1. The van der Waals surface area contributed by atoms with E-state index in [9.17, 15) is 12.8 Å². The van der Waals surface area contributed by atoms with E-state index < -0.39 is 15.8 Å². The van der Waals surface area contributed by atoms with Crippen molar-refractivity contribution in [2.45, 2.75) is 36.6 Å². The van der Waals surface area contributed by atoms with Crippen LogP contribution in [0.15, 0.2) is 41.4 Å². The molecule has 0 aliphatic heterocycles. The first kappa shape index (κ1) is 14.1. The third-order valence-electron chi connectivity index (χ3n) is 3.70. The molecule has 2 aromatic rings. The number of anilines is 1. The maximum absolute atomic E-state index is 12.9. The van der Waals surface area contributed by atoms with Crippen LogP contribution in [-0.2, 0) is 10.0 Å². The van der Waals surface area contributed by atoms with E-state index in [1.807, 2.05) is 0 Å². The van der Waals surface area contributed by atoms with Gasteiger partial charge in [-0.2, -0.15) is 5.10 Å². The Kier molecular flexibility index (Phi) is 3.67. The summed E-state index contributed by atoms with van der Waals surface area (Å²) in [7, 11) is -3.73. The van der Waals surface area contributed by atoms with Crippen LogP contribution in [-0.4, -0.2) is 18.2 Å². The molecule has 1 saturated carbocycles. The molecule has 7 heteroatoms. The average Bonchev–Trinajstić information content (AvgIpc) is 3.09.